The number of carbonyl (C=O) groups is 1. The van der Waals surface area contributed by atoms with E-state index in [1.54, 1.807) is 4.90 Å². The van der Waals surface area contributed by atoms with Crippen molar-refractivity contribution in [2.75, 3.05) is 24.4 Å². The highest BCUT2D eigenvalue weighted by atomic mass is 32.2. The van der Waals surface area contributed by atoms with E-state index in [0.717, 1.165) is 6.54 Å². The highest BCUT2D eigenvalue weighted by molar-refractivity contribution is 7.92. The van der Waals surface area contributed by atoms with Crippen LogP contribution in [0.1, 0.15) is 17.3 Å². The Morgan fingerprint density at radius 1 is 1.15 bits per heavy atom. The fourth-order valence-corrected chi connectivity index (χ4v) is 3.87. The first kappa shape index (κ1) is 18.3. The van der Waals surface area contributed by atoms with E-state index in [9.17, 15) is 17.6 Å². The van der Waals surface area contributed by atoms with Crippen LogP contribution in [0, 0.1) is 5.82 Å². The summed E-state index contributed by atoms with van der Waals surface area (Å²) in [6, 6.07) is 11.1. The van der Waals surface area contributed by atoms with Crippen LogP contribution in [0.5, 0.6) is 0 Å². The molecule has 26 heavy (non-hydrogen) atoms. The van der Waals surface area contributed by atoms with Gasteiger partial charge in [0.2, 0.25) is 0 Å². The normalized spacial score (nSPS) is 17.8. The first-order valence-corrected chi connectivity index (χ1v) is 9.74. The topological polar surface area (TPSA) is 78.5 Å². The van der Waals surface area contributed by atoms with Gasteiger partial charge in [0.15, 0.2) is 0 Å². The van der Waals surface area contributed by atoms with E-state index >= 15 is 0 Å². The van der Waals surface area contributed by atoms with Gasteiger partial charge in [0.05, 0.1) is 4.90 Å². The molecule has 2 N–H and O–H groups in total. The van der Waals surface area contributed by atoms with Gasteiger partial charge in [-0.1, -0.05) is 0 Å². The van der Waals surface area contributed by atoms with Gasteiger partial charge in [0.1, 0.15) is 5.82 Å². The smallest absolute Gasteiger partial charge is 0.261 e. The highest BCUT2D eigenvalue weighted by Gasteiger charge is 2.22. The molecule has 1 heterocycles. The molecule has 0 spiro atoms. The third kappa shape index (κ3) is 4.20. The second-order valence-electron chi connectivity index (χ2n) is 6.24. The fraction of sp³-hybridized carbons (Fsp3) is 0.278. The molecule has 2 aromatic rings. The molecule has 2 aromatic carbocycles. The summed E-state index contributed by atoms with van der Waals surface area (Å²) in [6.45, 7) is 3.98. The van der Waals surface area contributed by atoms with Crippen LogP contribution in [0.3, 0.4) is 0 Å². The largest absolute Gasteiger partial charge is 0.336 e. The van der Waals surface area contributed by atoms with Crippen molar-refractivity contribution < 1.29 is 17.6 Å². The average Bonchev–Trinajstić information content (AvgIpc) is 2.63. The number of nitrogens with zero attached hydrogens (tertiary/aromatic N) is 1. The number of benzene rings is 2. The third-order valence-corrected chi connectivity index (χ3v) is 5.56. The van der Waals surface area contributed by atoms with Crippen molar-refractivity contribution in [2.45, 2.75) is 17.9 Å². The number of hydrogen-bond acceptors (Lipinski definition) is 4. The molecule has 0 aromatic heterocycles. The van der Waals surface area contributed by atoms with Gasteiger partial charge in [0.25, 0.3) is 15.9 Å². The molecule has 6 nitrogen and oxygen atoms in total. The lowest BCUT2D eigenvalue weighted by Crippen LogP contribution is -2.51. The van der Waals surface area contributed by atoms with E-state index in [-0.39, 0.29) is 22.5 Å². The Hall–Kier alpha value is -2.45. The second-order valence-corrected chi connectivity index (χ2v) is 7.93. The fourth-order valence-electron chi connectivity index (χ4n) is 2.81. The van der Waals surface area contributed by atoms with Crippen molar-refractivity contribution in [1.82, 2.24) is 10.2 Å². The number of amides is 1. The van der Waals surface area contributed by atoms with Crippen molar-refractivity contribution in [1.29, 1.82) is 0 Å². The molecule has 1 atom stereocenters. The number of nitrogens with one attached hydrogen (secondary N) is 2. The summed E-state index contributed by atoms with van der Waals surface area (Å²) in [6.07, 6.45) is 0. The van der Waals surface area contributed by atoms with Crippen molar-refractivity contribution >= 4 is 21.6 Å². The summed E-state index contributed by atoms with van der Waals surface area (Å²) in [5, 5.41) is 3.27. The van der Waals surface area contributed by atoms with Gasteiger partial charge in [-0.2, -0.15) is 0 Å². The van der Waals surface area contributed by atoms with Gasteiger partial charge < -0.3 is 10.2 Å². The number of piperazine rings is 1. The monoisotopic (exact) mass is 377 g/mol. The minimum atomic E-state index is -3.81. The molecule has 8 heteroatoms. The summed E-state index contributed by atoms with van der Waals surface area (Å²) in [4.78, 5) is 14.3. The molecule has 0 saturated carbocycles. The second kappa shape index (κ2) is 7.43. The molecule has 1 fully saturated rings. The Morgan fingerprint density at radius 3 is 2.42 bits per heavy atom. The maximum absolute atomic E-state index is 12.9. The molecule has 0 bridgehead atoms. The molecule has 1 amide bonds. The van der Waals surface area contributed by atoms with Crippen LogP contribution in [0.2, 0.25) is 0 Å². The van der Waals surface area contributed by atoms with E-state index in [1.807, 2.05) is 6.92 Å². The maximum Gasteiger partial charge on any atom is 0.261 e. The minimum Gasteiger partial charge on any atom is -0.336 e. The van der Waals surface area contributed by atoms with Crippen LogP contribution in [0.15, 0.2) is 53.4 Å². The Balaban J connectivity index is 1.73. The first-order chi connectivity index (χ1) is 12.3. The molecule has 1 aliphatic rings. The summed E-state index contributed by atoms with van der Waals surface area (Å²) >= 11 is 0. The molecule has 3 rings (SSSR count). The number of hydrogen-bond donors (Lipinski definition) is 2. The molecule has 1 unspecified atom stereocenters. The number of carbonyl (C=O) groups excluding carboxylic acids is 1. The molecule has 0 aliphatic carbocycles. The van der Waals surface area contributed by atoms with Crippen LogP contribution in [-0.2, 0) is 10.0 Å². The number of sulfonamides is 1. The summed E-state index contributed by atoms with van der Waals surface area (Å²) < 4.78 is 40.1. The van der Waals surface area contributed by atoms with Crippen molar-refractivity contribution in [2.24, 2.45) is 0 Å². The maximum atomic E-state index is 12.9. The minimum absolute atomic E-state index is 0.0343. The van der Waals surface area contributed by atoms with Gasteiger partial charge in [-0.15, -0.1) is 0 Å². The van der Waals surface area contributed by atoms with Gasteiger partial charge in [-0.3, -0.25) is 9.52 Å². The molecule has 1 aliphatic heterocycles. The van der Waals surface area contributed by atoms with Crippen molar-refractivity contribution in [3.05, 3.63) is 59.9 Å². The summed E-state index contributed by atoms with van der Waals surface area (Å²) in [7, 11) is -3.81. The Morgan fingerprint density at radius 2 is 1.81 bits per heavy atom. The predicted molar refractivity (Wildman–Crippen MR) is 97.0 cm³/mol. The third-order valence-electron chi connectivity index (χ3n) is 4.16. The average molecular weight is 377 g/mol. The van der Waals surface area contributed by atoms with E-state index in [4.69, 9.17) is 0 Å². The lowest BCUT2D eigenvalue weighted by Gasteiger charge is -2.32. The van der Waals surface area contributed by atoms with E-state index < -0.39 is 15.8 Å². The number of rotatable bonds is 4. The predicted octanol–water partition coefficient (Wildman–Crippen LogP) is 2.06. The van der Waals surface area contributed by atoms with Gasteiger partial charge in [-0.25, -0.2) is 12.8 Å². The van der Waals surface area contributed by atoms with E-state index in [2.05, 4.69) is 10.0 Å². The standard InChI is InChI=1S/C18H20FN3O3S/c1-13-12-22(11-10-20-13)18(23)14-2-8-17(9-3-14)26(24,25)21-16-6-4-15(19)5-7-16/h2-9,13,20-21H,10-12H2,1H3. The Bertz CT molecular complexity index is 883. The van der Waals surface area contributed by atoms with Gasteiger partial charge in [-0.05, 0) is 55.5 Å². The van der Waals surface area contributed by atoms with Crippen LogP contribution < -0.4 is 10.0 Å². The SMILES string of the molecule is CC1CN(C(=O)c2ccc(S(=O)(=O)Nc3ccc(F)cc3)cc2)CCN1. The lowest BCUT2D eigenvalue weighted by molar-refractivity contribution is 0.0709. The van der Waals surface area contributed by atoms with E-state index in [0.29, 0.717) is 18.7 Å². The Kier molecular flexibility index (Phi) is 5.24. The van der Waals surface area contributed by atoms with Crippen molar-refractivity contribution in [3.8, 4) is 0 Å². The van der Waals surface area contributed by atoms with Crippen LogP contribution >= 0.6 is 0 Å². The summed E-state index contributed by atoms with van der Waals surface area (Å²) in [5.41, 5.74) is 0.709. The van der Waals surface area contributed by atoms with Gasteiger partial charge in [0, 0.05) is 36.9 Å². The quantitative estimate of drug-likeness (QED) is 0.855. The first-order valence-electron chi connectivity index (χ1n) is 8.26. The van der Waals surface area contributed by atoms with Crippen LogP contribution in [0.4, 0.5) is 10.1 Å². The van der Waals surface area contributed by atoms with Gasteiger partial charge >= 0.3 is 0 Å². The van der Waals surface area contributed by atoms with E-state index in [1.165, 1.54) is 48.5 Å². The molecule has 1 saturated heterocycles. The van der Waals surface area contributed by atoms with Crippen LogP contribution in [-0.4, -0.2) is 44.9 Å². The number of halogens is 1. The lowest BCUT2D eigenvalue weighted by atomic mass is 10.1. The molecular formula is C18H20FN3O3S. The van der Waals surface area contributed by atoms with Crippen molar-refractivity contribution in [3.63, 3.8) is 0 Å². The Labute approximate surface area is 152 Å². The zero-order valence-electron chi connectivity index (χ0n) is 14.3. The summed E-state index contributed by atoms with van der Waals surface area (Å²) in [5.74, 6) is -0.563. The zero-order chi connectivity index (χ0) is 18.7. The van der Waals surface area contributed by atoms with Crippen LogP contribution in [0.25, 0.3) is 0 Å². The molecular weight excluding hydrogens is 357 g/mol. The molecule has 138 valence electrons. The highest BCUT2D eigenvalue weighted by Crippen LogP contribution is 2.18. The zero-order valence-corrected chi connectivity index (χ0v) is 15.1. The molecule has 0 radical (unpaired) electrons. The number of anilines is 1.